The first kappa shape index (κ1) is 7.83. The fourth-order valence-electron chi connectivity index (χ4n) is 0.412. The molecule has 3 heteroatoms. The van der Waals surface area contributed by atoms with Gasteiger partial charge in [0.15, 0.2) is 0 Å². The fraction of sp³-hybridized carbons (Fsp3) is 0.500. The summed E-state index contributed by atoms with van der Waals surface area (Å²) in [4.78, 5) is 7.53. The fourth-order valence-corrected chi connectivity index (χ4v) is 0.412. The summed E-state index contributed by atoms with van der Waals surface area (Å²) < 4.78 is 0. The van der Waals surface area contributed by atoms with Crippen molar-refractivity contribution in [3.63, 3.8) is 0 Å². The minimum atomic E-state index is 0.341. The molecule has 0 aromatic carbocycles. The van der Waals surface area contributed by atoms with E-state index in [0.717, 1.165) is 5.71 Å². The Balaban J connectivity index is 3.89. The number of rotatable bonds is 2. The summed E-state index contributed by atoms with van der Waals surface area (Å²) >= 11 is 0. The van der Waals surface area contributed by atoms with Crippen molar-refractivity contribution in [3.8, 4) is 6.07 Å². The monoisotopic (exact) mass is 123 g/mol. The Hall–Kier alpha value is -1.17. The Morgan fingerprint density at radius 3 is 2.67 bits per heavy atom. The molecule has 0 aliphatic heterocycles. The van der Waals surface area contributed by atoms with E-state index in [2.05, 4.69) is 9.98 Å². The molecule has 0 atom stereocenters. The van der Waals surface area contributed by atoms with Crippen molar-refractivity contribution in [1.29, 1.82) is 5.26 Å². The van der Waals surface area contributed by atoms with Crippen LogP contribution in [0.5, 0.6) is 0 Å². The molecule has 0 N–H and O–H groups in total. The third-order valence-corrected chi connectivity index (χ3v) is 0.826. The van der Waals surface area contributed by atoms with Crippen molar-refractivity contribution in [2.75, 3.05) is 14.1 Å². The summed E-state index contributed by atoms with van der Waals surface area (Å²) in [5.74, 6) is 0. The zero-order valence-electron chi connectivity index (χ0n) is 5.63. The van der Waals surface area contributed by atoms with Crippen molar-refractivity contribution in [2.24, 2.45) is 9.98 Å². The van der Waals surface area contributed by atoms with Crippen LogP contribution in [0.1, 0.15) is 6.42 Å². The summed E-state index contributed by atoms with van der Waals surface area (Å²) in [5, 5.41) is 8.20. The van der Waals surface area contributed by atoms with Crippen LogP contribution in [0.4, 0.5) is 0 Å². The van der Waals surface area contributed by atoms with Gasteiger partial charge in [-0.3, -0.25) is 9.98 Å². The van der Waals surface area contributed by atoms with Crippen LogP contribution < -0.4 is 0 Å². The van der Waals surface area contributed by atoms with E-state index in [-0.39, 0.29) is 0 Å². The first-order valence-corrected chi connectivity index (χ1v) is 2.60. The van der Waals surface area contributed by atoms with E-state index in [9.17, 15) is 0 Å². The van der Waals surface area contributed by atoms with E-state index in [1.54, 1.807) is 20.3 Å². The summed E-state index contributed by atoms with van der Waals surface area (Å²) in [7, 11) is 3.30. The normalized spacial score (nSPS) is 11.9. The van der Waals surface area contributed by atoms with Crippen molar-refractivity contribution < 1.29 is 0 Å². The molecule has 0 aliphatic rings. The Morgan fingerprint density at radius 1 is 1.67 bits per heavy atom. The Bertz CT molecular complexity index is 162. The average Bonchev–Trinajstić information content (AvgIpc) is 1.88. The largest absolute Gasteiger partial charge is 0.295 e. The van der Waals surface area contributed by atoms with E-state index in [1.165, 1.54) is 0 Å². The summed E-state index contributed by atoms with van der Waals surface area (Å²) in [6, 6.07) is 1.98. The molecule has 0 bridgehead atoms. The number of hydrogen-bond acceptors (Lipinski definition) is 3. The predicted octanol–water partition coefficient (Wildman–Crippen LogP) is 0.671. The number of nitrogens with zero attached hydrogens (tertiary/aromatic N) is 3. The lowest BCUT2D eigenvalue weighted by atomic mass is 10.3. The minimum Gasteiger partial charge on any atom is -0.295 e. The first-order valence-electron chi connectivity index (χ1n) is 2.60. The SMILES string of the molecule is CN=CC(CC#N)=NC. The molecule has 3 nitrogen and oxygen atoms in total. The lowest BCUT2D eigenvalue weighted by molar-refractivity contribution is 1.35. The number of aliphatic imine (C=N–C) groups is 2. The molecular weight excluding hydrogens is 114 g/mol. The van der Waals surface area contributed by atoms with Crippen LogP contribution in [0.3, 0.4) is 0 Å². The van der Waals surface area contributed by atoms with E-state index in [1.807, 2.05) is 6.07 Å². The van der Waals surface area contributed by atoms with Crippen LogP contribution in [-0.4, -0.2) is 26.0 Å². The van der Waals surface area contributed by atoms with Gasteiger partial charge in [0.25, 0.3) is 0 Å². The Morgan fingerprint density at radius 2 is 2.33 bits per heavy atom. The molecule has 0 aliphatic carbocycles. The Labute approximate surface area is 54.7 Å². The van der Waals surface area contributed by atoms with Gasteiger partial charge in [-0.05, 0) is 0 Å². The summed E-state index contributed by atoms with van der Waals surface area (Å²) in [5.41, 5.74) is 0.722. The van der Waals surface area contributed by atoms with Crippen LogP contribution in [0.15, 0.2) is 9.98 Å². The van der Waals surface area contributed by atoms with Crippen molar-refractivity contribution in [1.82, 2.24) is 0 Å². The molecule has 0 radical (unpaired) electrons. The highest BCUT2D eigenvalue weighted by atomic mass is 14.7. The molecule has 0 fully saturated rings. The smallest absolute Gasteiger partial charge is 0.0785 e. The molecule has 0 spiro atoms. The van der Waals surface area contributed by atoms with Crippen LogP contribution in [0.25, 0.3) is 0 Å². The summed E-state index contributed by atoms with van der Waals surface area (Å²) in [6.07, 6.45) is 1.93. The maximum atomic E-state index is 8.20. The molecule has 0 unspecified atom stereocenters. The highest BCUT2D eigenvalue weighted by Gasteiger charge is 1.88. The lowest BCUT2D eigenvalue weighted by Crippen LogP contribution is -1.97. The number of nitriles is 1. The van der Waals surface area contributed by atoms with E-state index >= 15 is 0 Å². The van der Waals surface area contributed by atoms with Gasteiger partial charge in [-0.1, -0.05) is 0 Å². The summed E-state index contributed by atoms with van der Waals surface area (Å²) in [6.45, 7) is 0. The average molecular weight is 123 g/mol. The van der Waals surface area contributed by atoms with Crippen LogP contribution >= 0.6 is 0 Å². The van der Waals surface area contributed by atoms with Gasteiger partial charge in [0.2, 0.25) is 0 Å². The standard InChI is InChI=1S/C6H9N3/c1-8-5-6(9-2)3-4-7/h5H,3H2,1-2H3. The molecule has 0 amide bonds. The first-order chi connectivity index (χ1) is 4.35. The third-order valence-electron chi connectivity index (χ3n) is 0.826. The second kappa shape index (κ2) is 4.98. The third kappa shape index (κ3) is 3.42. The number of hydrogen-bond donors (Lipinski definition) is 0. The maximum absolute atomic E-state index is 8.20. The molecule has 0 aromatic rings. The highest BCUT2D eigenvalue weighted by molar-refractivity contribution is 6.31. The van der Waals surface area contributed by atoms with Crippen molar-refractivity contribution in [2.45, 2.75) is 6.42 Å². The maximum Gasteiger partial charge on any atom is 0.0785 e. The molecule has 0 aromatic heterocycles. The van der Waals surface area contributed by atoms with E-state index in [4.69, 9.17) is 5.26 Å². The van der Waals surface area contributed by atoms with Gasteiger partial charge in [0.1, 0.15) is 0 Å². The minimum absolute atomic E-state index is 0.341. The van der Waals surface area contributed by atoms with Crippen LogP contribution in [0.2, 0.25) is 0 Å². The second-order valence-corrected chi connectivity index (χ2v) is 1.44. The van der Waals surface area contributed by atoms with Gasteiger partial charge >= 0.3 is 0 Å². The molecule has 9 heavy (non-hydrogen) atoms. The van der Waals surface area contributed by atoms with Crippen LogP contribution in [0, 0.1) is 11.3 Å². The predicted molar refractivity (Wildman–Crippen MR) is 38.0 cm³/mol. The van der Waals surface area contributed by atoms with E-state index in [0.29, 0.717) is 6.42 Å². The van der Waals surface area contributed by atoms with Gasteiger partial charge in [0, 0.05) is 20.3 Å². The van der Waals surface area contributed by atoms with Gasteiger partial charge in [-0.15, -0.1) is 0 Å². The zero-order valence-corrected chi connectivity index (χ0v) is 5.63. The highest BCUT2D eigenvalue weighted by Crippen LogP contribution is 1.79. The van der Waals surface area contributed by atoms with E-state index < -0.39 is 0 Å². The quantitative estimate of drug-likeness (QED) is 0.498. The van der Waals surface area contributed by atoms with Gasteiger partial charge < -0.3 is 0 Å². The molecule has 0 saturated heterocycles. The lowest BCUT2D eigenvalue weighted by Gasteiger charge is -1.86. The van der Waals surface area contributed by atoms with Crippen molar-refractivity contribution in [3.05, 3.63) is 0 Å². The molecule has 0 saturated carbocycles. The molecule has 0 rings (SSSR count). The van der Waals surface area contributed by atoms with Gasteiger partial charge in [0.05, 0.1) is 18.2 Å². The second-order valence-electron chi connectivity index (χ2n) is 1.44. The van der Waals surface area contributed by atoms with Gasteiger partial charge in [-0.25, -0.2) is 0 Å². The molecular formula is C6H9N3. The van der Waals surface area contributed by atoms with Crippen LogP contribution in [-0.2, 0) is 0 Å². The van der Waals surface area contributed by atoms with Crippen molar-refractivity contribution >= 4 is 11.9 Å². The van der Waals surface area contributed by atoms with Gasteiger partial charge in [-0.2, -0.15) is 5.26 Å². The topological polar surface area (TPSA) is 48.5 Å². The Kier molecular flexibility index (Phi) is 4.33. The molecule has 0 heterocycles. The molecule has 48 valence electrons. The zero-order chi connectivity index (χ0) is 7.11.